The van der Waals surface area contributed by atoms with E-state index in [1.54, 1.807) is 6.07 Å². The van der Waals surface area contributed by atoms with Crippen LogP contribution in [0.15, 0.2) is 30.5 Å². The number of carbonyl (C=O) groups excluding carboxylic acids is 1. The molecule has 0 spiro atoms. The summed E-state index contributed by atoms with van der Waals surface area (Å²) in [4.78, 5) is 19.0. The molecule has 0 amide bonds. The highest BCUT2D eigenvalue weighted by molar-refractivity contribution is 6.28. The second-order valence-electron chi connectivity index (χ2n) is 3.37. The van der Waals surface area contributed by atoms with Crippen molar-refractivity contribution in [2.24, 2.45) is 0 Å². The van der Waals surface area contributed by atoms with E-state index in [1.807, 2.05) is 0 Å². The van der Waals surface area contributed by atoms with Crippen LogP contribution in [0.2, 0.25) is 5.28 Å². The van der Waals surface area contributed by atoms with Crippen molar-refractivity contribution in [3.8, 4) is 11.3 Å². The second kappa shape index (κ2) is 5.10. The van der Waals surface area contributed by atoms with Gasteiger partial charge in [0.05, 0.1) is 18.4 Å². The van der Waals surface area contributed by atoms with Gasteiger partial charge in [-0.25, -0.2) is 19.2 Å². The van der Waals surface area contributed by atoms with Crippen LogP contribution in [0.3, 0.4) is 0 Å². The zero-order valence-corrected chi connectivity index (χ0v) is 10.1. The van der Waals surface area contributed by atoms with Crippen molar-refractivity contribution in [2.75, 3.05) is 7.11 Å². The molecule has 2 rings (SSSR count). The summed E-state index contributed by atoms with van der Waals surface area (Å²) in [7, 11) is 1.19. The van der Waals surface area contributed by atoms with E-state index in [2.05, 4.69) is 14.7 Å². The Morgan fingerprint density at radius 2 is 2.17 bits per heavy atom. The molecule has 92 valence electrons. The minimum absolute atomic E-state index is 0.00960. The quantitative estimate of drug-likeness (QED) is 0.619. The number of methoxy groups -OCH3 is 1. The van der Waals surface area contributed by atoms with Crippen LogP contribution in [0, 0.1) is 5.82 Å². The molecule has 0 aliphatic rings. The van der Waals surface area contributed by atoms with E-state index < -0.39 is 11.8 Å². The van der Waals surface area contributed by atoms with Gasteiger partial charge >= 0.3 is 5.97 Å². The Morgan fingerprint density at radius 3 is 2.83 bits per heavy atom. The molecule has 0 N–H and O–H groups in total. The Hall–Kier alpha value is -2.01. The largest absolute Gasteiger partial charge is 0.465 e. The van der Waals surface area contributed by atoms with Crippen molar-refractivity contribution in [3.05, 3.63) is 47.1 Å². The third-order valence-electron chi connectivity index (χ3n) is 2.31. The van der Waals surface area contributed by atoms with E-state index in [4.69, 9.17) is 11.6 Å². The molecular weight excluding hydrogens is 259 g/mol. The number of halogens is 2. The van der Waals surface area contributed by atoms with E-state index >= 15 is 0 Å². The van der Waals surface area contributed by atoms with Crippen LogP contribution in [0.25, 0.3) is 11.3 Å². The summed E-state index contributed by atoms with van der Waals surface area (Å²) in [5, 5.41) is 0.00960. The van der Waals surface area contributed by atoms with E-state index in [9.17, 15) is 9.18 Å². The van der Waals surface area contributed by atoms with Crippen molar-refractivity contribution < 1.29 is 13.9 Å². The zero-order valence-electron chi connectivity index (χ0n) is 9.35. The predicted molar refractivity (Wildman–Crippen MR) is 63.8 cm³/mol. The summed E-state index contributed by atoms with van der Waals surface area (Å²) in [6.45, 7) is 0. The van der Waals surface area contributed by atoms with Crippen LogP contribution in [0.1, 0.15) is 10.4 Å². The highest BCUT2D eigenvalue weighted by Crippen LogP contribution is 2.24. The number of benzene rings is 1. The molecule has 0 aliphatic heterocycles. The van der Waals surface area contributed by atoms with Crippen molar-refractivity contribution in [1.82, 2.24) is 9.97 Å². The smallest absolute Gasteiger partial charge is 0.340 e. The Bertz CT molecular complexity index is 604. The zero-order chi connectivity index (χ0) is 13.1. The Morgan fingerprint density at radius 1 is 1.39 bits per heavy atom. The SMILES string of the molecule is COC(=O)c1cccc(-c2ccnc(Cl)n2)c1F. The minimum Gasteiger partial charge on any atom is -0.465 e. The molecule has 0 atom stereocenters. The lowest BCUT2D eigenvalue weighted by molar-refractivity contribution is 0.0595. The molecule has 0 radical (unpaired) electrons. The van der Waals surface area contributed by atoms with Crippen molar-refractivity contribution in [1.29, 1.82) is 0 Å². The van der Waals surface area contributed by atoms with Gasteiger partial charge in [0.15, 0.2) is 0 Å². The maximum atomic E-state index is 14.1. The predicted octanol–water partition coefficient (Wildman–Crippen LogP) is 2.72. The first-order valence-corrected chi connectivity index (χ1v) is 5.37. The van der Waals surface area contributed by atoms with Gasteiger partial charge in [-0.3, -0.25) is 0 Å². The summed E-state index contributed by atoms with van der Waals surface area (Å²) >= 11 is 5.64. The van der Waals surface area contributed by atoms with Gasteiger partial charge in [0, 0.05) is 11.8 Å². The fourth-order valence-electron chi connectivity index (χ4n) is 1.48. The fourth-order valence-corrected chi connectivity index (χ4v) is 1.63. The average molecular weight is 267 g/mol. The van der Waals surface area contributed by atoms with Crippen LogP contribution >= 0.6 is 11.6 Å². The number of aromatic nitrogens is 2. The van der Waals surface area contributed by atoms with Crippen molar-refractivity contribution >= 4 is 17.6 Å². The normalized spacial score (nSPS) is 10.2. The lowest BCUT2D eigenvalue weighted by atomic mass is 10.1. The molecule has 0 bridgehead atoms. The minimum atomic E-state index is -0.741. The summed E-state index contributed by atoms with van der Waals surface area (Å²) in [5.74, 6) is -1.44. The number of carbonyl (C=O) groups is 1. The molecule has 0 unspecified atom stereocenters. The Kier molecular flexibility index (Phi) is 3.53. The van der Waals surface area contributed by atoms with E-state index in [-0.39, 0.29) is 16.4 Å². The summed E-state index contributed by atoms with van der Waals surface area (Å²) < 4.78 is 18.6. The van der Waals surface area contributed by atoms with Gasteiger partial charge in [-0.05, 0) is 29.8 Å². The maximum Gasteiger partial charge on any atom is 0.340 e. The number of nitrogens with zero attached hydrogens (tertiary/aromatic N) is 2. The number of esters is 1. The molecule has 0 saturated carbocycles. The maximum absolute atomic E-state index is 14.1. The third-order valence-corrected chi connectivity index (χ3v) is 2.49. The number of hydrogen-bond donors (Lipinski definition) is 0. The van der Waals surface area contributed by atoms with Crippen molar-refractivity contribution in [2.45, 2.75) is 0 Å². The molecule has 0 saturated heterocycles. The molecule has 1 heterocycles. The summed E-state index contributed by atoms with van der Waals surface area (Å²) in [6.07, 6.45) is 1.41. The van der Waals surface area contributed by atoms with Gasteiger partial charge in [-0.2, -0.15) is 0 Å². The highest BCUT2D eigenvalue weighted by Gasteiger charge is 2.17. The van der Waals surface area contributed by atoms with Gasteiger partial charge in [0.25, 0.3) is 0 Å². The second-order valence-corrected chi connectivity index (χ2v) is 3.71. The fraction of sp³-hybridized carbons (Fsp3) is 0.0833. The summed E-state index contributed by atoms with van der Waals surface area (Å²) in [6, 6.07) is 5.89. The molecule has 4 nitrogen and oxygen atoms in total. The molecule has 0 aliphatic carbocycles. The van der Waals surface area contributed by atoms with E-state index in [0.717, 1.165) is 0 Å². The average Bonchev–Trinajstić information content (AvgIpc) is 2.38. The first kappa shape index (κ1) is 12.4. The highest BCUT2D eigenvalue weighted by atomic mass is 35.5. The third kappa shape index (κ3) is 2.31. The Labute approximate surface area is 107 Å². The molecule has 18 heavy (non-hydrogen) atoms. The first-order chi connectivity index (χ1) is 8.63. The number of rotatable bonds is 2. The van der Waals surface area contributed by atoms with Crippen LogP contribution in [-0.2, 0) is 4.74 Å². The summed E-state index contributed by atoms with van der Waals surface area (Å²) in [5.41, 5.74) is 0.324. The molecule has 1 aromatic heterocycles. The van der Waals surface area contributed by atoms with Crippen LogP contribution < -0.4 is 0 Å². The van der Waals surface area contributed by atoms with Crippen LogP contribution in [0.4, 0.5) is 4.39 Å². The van der Waals surface area contributed by atoms with Crippen molar-refractivity contribution in [3.63, 3.8) is 0 Å². The monoisotopic (exact) mass is 266 g/mol. The molecular formula is C12H8ClFN2O2. The van der Waals surface area contributed by atoms with Gasteiger partial charge in [-0.1, -0.05) is 6.07 Å². The van der Waals surface area contributed by atoms with Crippen LogP contribution in [-0.4, -0.2) is 23.0 Å². The molecule has 6 heteroatoms. The number of hydrogen-bond acceptors (Lipinski definition) is 4. The first-order valence-electron chi connectivity index (χ1n) is 4.99. The topological polar surface area (TPSA) is 52.1 Å². The molecule has 1 aromatic carbocycles. The van der Waals surface area contributed by atoms with E-state index in [0.29, 0.717) is 5.69 Å². The van der Waals surface area contributed by atoms with Gasteiger partial charge in [-0.15, -0.1) is 0 Å². The lowest BCUT2D eigenvalue weighted by Crippen LogP contribution is -2.05. The number of ether oxygens (including phenoxy) is 1. The Balaban J connectivity index is 2.56. The van der Waals surface area contributed by atoms with Gasteiger partial charge in [0.2, 0.25) is 5.28 Å². The molecule has 0 fully saturated rings. The van der Waals surface area contributed by atoms with Gasteiger partial charge < -0.3 is 4.74 Å². The standard InChI is InChI=1S/C12H8ClFN2O2/c1-18-11(17)8-4-2-3-7(10(8)14)9-5-6-15-12(13)16-9/h2-6H,1H3. The van der Waals surface area contributed by atoms with Crippen LogP contribution in [0.5, 0.6) is 0 Å². The van der Waals surface area contributed by atoms with E-state index in [1.165, 1.54) is 31.5 Å². The molecule has 2 aromatic rings. The lowest BCUT2D eigenvalue weighted by Gasteiger charge is -2.06. The van der Waals surface area contributed by atoms with Gasteiger partial charge in [0.1, 0.15) is 5.82 Å².